The Morgan fingerprint density at radius 1 is 1.28 bits per heavy atom. The zero-order valence-corrected chi connectivity index (χ0v) is 14.0. The summed E-state index contributed by atoms with van der Waals surface area (Å²) in [5.74, 6) is 1.38. The van der Waals surface area contributed by atoms with E-state index in [1.165, 1.54) is 5.56 Å². The molecule has 0 aliphatic carbocycles. The van der Waals surface area contributed by atoms with Crippen LogP contribution in [-0.2, 0) is 11.2 Å². The molecule has 0 saturated heterocycles. The van der Waals surface area contributed by atoms with Crippen molar-refractivity contribution in [1.82, 2.24) is 10.3 Å². The standard InChI is InChI=1S/C18H21N3O4/c1-23-8-9-24-17-7-6-14(11-19-17)21-18(22)20-12-15-10-13-4-2-3-5-16(13)25-15/h2-7,11,15H,8-10,12H2,1H3,(H2,20,21,22)/t15-/m1/s1. The first kappa shape index (κ1) is 17.0. The Balaban J connectivity index is 1.41. The average Bonchev–Trinajstić information content (AvgIpc) is 3.05. The van der Waals surface area contributed by atoms with Crippen LogP contribution in [0.1, 0.15) is 5.56 Å². The molecule has 1 aromatic heterocycles. The fourth-order valence-electron chi connectivity index (χ4n) is 2.52. The van der Waals surface area contributed by atoms with Crippen LogP contribution >= 0.6 is 0 Å². The van der Waals surface area contributed by atoms with E-state index in [9.17, 15) is 4.79 Å². The summed E-state index contributed by atoms with van der Waals surface area (Å²) in [5, 5.41) is 5.55. The first-order valence-corrected chi connectivity index (χ1v) is 8.12. The predicted molar refractivity (Wildman–Crippen MR) is 93.2 cm³/mol. The number of anilines is 1. The number of ether oxygens (including phenoxy) is 3. The maximum absolute atomic E-state index is 12.0. The number of nitrogens with one attached hydrogen (secondary N) is 2. The topological polar surface area (TPSA) is 81.7 Å². The molecule has 7 heteroatoms. The highest BCUT2D eigenvalue weighted by Crippen LogP contribution is 2.27. The highest BCUT2D eigenvalue weighted by atomic mass is 16.5. The number of carbonyl (C=O) groups is 1. The predicted octanol–water partition coefficient (Wildman–Crippen LogP) is 2.23. The number of aromatic nitrogens is 1. The molecular formula is C18H21N3O4. The second-order valence-corrected chi connectivity index (χ2v) is 5.61. The van der Waals surface area contributed by atoms with Crippen molar-refractivity contribution in [2.75, 3.05) is 32.2 Å². The van der Waals surface area contributed by atoms with Gasteiger partial charge in [-0.15, -0.1) is 0 Å². The fourth-order valence-corrected chi connectivity index (χ4v) is 2.52. The summed E-state index contributed by atoms with van der Waals surface area (Å²) in [6, 6.07) is 11.0. The number of methoxy groups -OCH3 is 1. The summed E-state index contributed by atoms with van der Waals surface area (Å²) in [4.78, 5) is 16.1. The van der Waals surface area contributed by atoms with Crippen LogP contribution in [0.3, 0.4) is 0 Å². The number of benzene rings is 1. The normalized spacial score (nSPS) is 15.2. The molecule has 1 aliphatic rings. The van der Waals surface area contributed by atoms with Crippen LogP contribution in [0.4, 0.5) is 10.5 Å². The van der Waals surface area contributed by atoms with E-state index in [0.29, 0.717) is 31.3 Å². The molecule has 1 atom stereocenters. The van der Waals surface area contributed by atoms with Gasteiger partial charge in [-0.2, -0.15) is 0 Å². The van der Waals surface area contributed by atoms with Crippen LogP contribution in [0, 0.1) is 0 Å². The SMILES string of the molecule is COCCOc1ccc(NC(=O)NC[C@H]2Cc3ccccc3O2)cn1. The molecule has 0 radical (unpaired) electrons. The summed E-state index contributed by atoms with van der Waals surface area (Å²) in [5.41, 5.74) is 1.76. The van der Waals surface area contributed by atoms with Crippen molar-refractivity contribution in [3.8, 4) is 11.6 Å². The smallest absolute Gasteiger partial charge is 0.319 e. The fraction of sp³-hybridized carbons (Fsp3) is 0.333. The largest absolute Gasteiger partial charge is 0.488 e. The van der Waals surface area contributed by atoms with Crippen LogP contribution in [0.25, 0.3) is 0 Å². The van der Waals surface area contributed by atoms with Gasteiger partial charge in [-0.1, -0.05) is 18.2 Å². The molecule has 0 saturated carbocycles. The second-order valence-electron chi connectivity index (χ2n) is 5.61. The van der Waals surface area contributed by atoms with Crippen molar-refractivity contribution in [2.24, 2.45) is 0 Å². The van der Waals surface area contributed by atoms with Gasteiger partial charge in [0.2, 0.25) is 5.88 Å². The van der Waals surface area contributed by atoms with Gasteiger partial charge in [0.05, 0.1) is 25.0 Å². The van der Waals surface area contributed by atoms with E-state index in [4.69, 9.17) is 14.2 Å². The van der Waals surface area contributed by atoms with Crippen molar-refractivity contribution in [3.63, 3.8) is 0 Å². The first-order valence-electron chi connectivity index (χ1n) is 8.12. The van der Waals surface area contributed by atoms with Gasteiger partial charge in [0.25, 0.3) is 0 Å². The van der Waals surface area contributed by atoms with Crippen LogP contribution in [-0.4, -0.2) is 44.0 Å². The third kappa shape index (κ3) is 4.84. The van der Waals surface area contributed by atoms with Crippen molar-refractivity contribution in [1.29, 1.82) is 0 Å². The van der Waals surface area contributed by atoms with Gasteiger partial charge in [-0.3, -0.25) is 0 Å². The molecule has 0 fully saturated rings. The Bertz CT molecular complexity index is 681. The Hall–Kier alpha value is -2.80. The highest BCUT2D eigenvalue weighted by Gasteiger charge is 2.22. The number of para-hydroxylation sites is 1. The van der Waals surface area contributed by atoms with E-state index in [2.05, 4.69) is 15.6 Å². The highest BCUT2D eigenvalue weighted by molar-refractivity contribution is 5.89. The maximum atomic E-state index is 12.0. The molecule has 2 N–H and O–H groups in total. The lowest BCUT2D eigenvalue weighted by atomic mass is 10.1. The molecule has 3 rings (SSSR count). The van der Waals surface area contributed by atoms with Gasteiger partial charge in [0.15, 0.2) is 0 Å². The summed E-state index contributed by atoms with van der Waals surface area (Å²) in [6.07, 6.45) is 2.30. The molecular weight excluding hydrogens is 322 g/mol. The van der Waals surface area contributed by atoms with Crippen LogP contribution in [0.15, 0.2) is 42.6 Å². The second kappa shape index (κ2) is 8.34. The molecule has 1 aliphatic heterocycles. The number of pyridine rings is 1. The first-order chi connectivity index (χ1) is 12.2. The molecule has 0 spiro atoms. The minimum atomic E-state index is -0.297. The van der Waals surface area contributed by atoms with E-state index >= 15 is 0 Å². The number of fused-ring (bicyclic) bond motifs is 1. The molecule has 2 amide bonds. The van der Waals surface area contributed by atoms with E-state index in [0.717, 1.165) is 12.2 Å². The van der Waals surface area contributed by atoms with E-state index in [-0.39, 0.29) is 12.1 Å². The van der Waals surface area contributed by atoms with Crippen LogP contribution in [0.2, 0.25) is 0 Å². The molecule has 7 nitrogen and oxygen atoms in total. The number of hydrogen-bond acceptors (Lipinski definition) is 5. The van der Waals surface area contributed by atoms with Crippen molar-refractivity contribution in [3.05, 3.63) is 48.2 Å². The van der Waals surface area contributed by atoms with Crippen molar-refractivity contribution >= 4 is 11.7 Å². The summed E-state index contributed by atoms with van der Waals surface area (Å²) in [7, 11) is 1.61. The van der Waals surface area contributed by atoms with E-state index < -0.39 is 0 Å². The molecule has 25 heavy (non-hydrogen) atoms. The Kier molecular flexibility index (Phi) is 5.69. The summed E-state index contributed by atoms with van der Waals surface area (Å²) in [6.45, 7) is 1.36. The third-order valence-electron chi connectivity index (χ3n) is 3.74. The minimum Gasteiger partial charge on any atom is -0.488 e. The number of carbonyl (C=O) groups excluding carboxylic acids is 1. The van der Waals surface area contributed by atoms with E-state index in [1.807, 2.05) is 24.3 Å². The third-order valence-corrected chi connectivity index (χ3v) is 3.74. The molecule has 2 aromatic rings. The van der Waals surface area contributed by atoms with Gasteiger partial charge in [0, 0.05) is 19.6 Å². The number of urea groups is 1. The zero-order valence-electron chi connectivity index (χ0n) is 14.0. The maximum Gasteiger partial charge on any atom is 0.319 e. The van der Waals surface area contributed by atoms with E-state index in [1.54, 1.807) is 25.4 Å². The lowest BCUT2D eigenvalue weighted by Gasteiger charge is -2.13. The molecule has 1 aromatic carbocycles. The van der Waals surface area contributed by atoms with Gasteiger partial charge >= 0.3 is 6.03 Å². The number of amides is 2. The Labute approximate surface area is 146 Å². The van der Waals surface area contributed by atoms with Crippen molar-refractivity contribution in [2.45, 2.75) is 12.5 Å². The van der Waals surface area contributed by atoms with Gasteiger partial charge < -0.3 is 24.8 Å². The summed E-state index contributed by atoms with van der Waals surface area (Å²) < 4.78 is 16.1. The van der Waals surface area contributed by atoms with Gasteiger partial charge in [0.1, 0.15) is 18.5 Å². The lowest BCUT2D eigenvalue weighted by Crippen LogP contribution is -2.37. The Morgan fingerprint density at radius 3 is 2.92 bits per heavy atom. The van der Waals surface area contributed by atoms with Gasteiger partial charge in [-0.25, -0.2) is 9.78 Å². The average molecular weight is 343 g/mol. The summed E-state index contributed by atoms with van der Waals surface area (Å²) >= 11 is 0. The number of rotatable bonds is 7. The van der Waals surface area contributed by atoms with Gasteiger partial charge in [-0.05, 0) is 17.7 Å². The zero-order chi connectivity index (χ0) is 17.5. The number of nitrogens with zero attached hydrogens (tertiary/aromatic N) is 1. The Morgan fingerprint density at radius 2 is 2.16 bits per heavy atom. The van der Waals surface area contributed by atoms with Crippen LogP contribution < -0.4 is 20.1 Å². The molecule has 2 heterocycles. The molecule has 132 valence electrons. The molecule has 0 unspecified atom stereocenters. The monoisotopic (exact) mass is 343 g/mol. The quantitative estimate of drug-likeness (QED) is 0.754. The number of hydrogen-bond donors (Lipinski definition) is 2. The molecule has 0 bridgehead atoms. The van der Waals surface area contributed by atoms with Crippen LogP contribution in [0.5, 0.6) is 11.6 Å². The van der Waals surface area contributed by atoms with Crippen molar-refractivity contribution < 1.29 is 19.0 Å². The minimum absolute atomic E-state index is 0.0437. The lowest BCUT2D eigenvalue weighted by molar-refractivity contribution is 0.144.